The van der Waals surface area contributed by atoms with Crippen LogP contribution in [0, 0.1) is 0 Å². The molecule has 0 fully saturated rings. The lowest BCUT2D eigenvalue weighted by molar-refractivity contribution is 0.142. The average molecular weight is 339 g/mol. The van der Waals surface area contributed by atoms with Gasteiger partial charge >= 0.3 is 10.2 Å². The zero-order valence-corrected chi connectivity index (χ0v) is 13.6. The van der Waals surface area contributed by atoms with Crippen molar-refractivity contribution in [3.63, 3.8) is 0 Å². The van der Waals surface area contributed by atoms with Crippen LogP contribution in [0.3, 0.4) is 0 Å². The topological polar surface area (TPSA) is 80.8 Å². The summed E-state index contributed by atoms with van der Waals surface area (Å²) in [4.78, 5) is -0.672. The first-order valence-corrected chi connectivity index (χ1v) is 9.02. The summed E-state index contributed by atoms with van der Waals surface area (Å²) in [6.07, 6.45) is 0. The number of rotatable bonds is 7. The maximum absolute atomic E-state index is 12.8. The molecule has 0 aliphatic carbocycles. The molecule has 0 spiro atoms. The lowest BCUT2D eigenvalue weighted by Gasteiger charge is -2.26. The van der Waals surface area contributed by atoms with Crippen LogP contribution >= 0.6 is 0 Å². The predicted molar refractivity (Wildman–Crippen MR) is 75.6 cm³/mol. The van der Waals surface area contributed by atoms with Gasteiger partial charge in [-0.1, -0.05) is 6.92 Å². The van der Waals surface area contributed by atoms with Gasteiger partial charge in [0.15, 0.2) is 0 Å². The molecule has 1 aromatic carbocycles. The summed E-state index contributed by atoms with van der Waals surface area (Å²) in [5.41, 5.74) is 0. The fraction of sp³-hybridized carbons (Fsp3) is 0.500. The molecule has 21 heavy (non-hydrogen) atoms. The Balaban J connectivity index is 3.18. The molecule has 9 heteroatoms. The molecule has 0 heterocycles. The summed E-state index contributed by atoms with van der Waals surface area (Å²) in [5, 5.41) is 0. The van der Waals surface area contributed by atoms with E-state index in [0.717, 1.165) is 24.3 Å². The van der Waals surface area contributed by atoms with Crippen molar-refractivity contribution >= 4 is 20.2 Å². The highest BCUT2D eigenvalue weighted by atomic mass is 32.3. The molecular formula is C12H18FNO5S2. The van der Waals surface area contributed by atoms with Gasteiger partial charge in [-0.15, -0.1) is 3.89 Å². The van der Waals surface area contributed by atoms with Crippen LogP contribution in [-0.2, 0) is 25.0 Å². The van der Waals surface area contributed by atoms with Crippen molar-refractivity contribution in [2.45, 2.75) is 29.7 Å². The van der Waals surface area contributed by atoms with Crippen molar-refractivity contribution < 1.29 is 25.5 Å². The third kappa shape index (κ3) is 4.22. The highest BCUT2D eigenvalue weighted by Gasteiger charge is 2.28. The van der Waals surface area contributed by atoms with Crippen molar-refractivity contribution in [2.75, 3.05) is 20.3 Å². The number of sulfonamides is 1. The Kier molecular flexibility index (Phi) is 5.85. The number of likely N-dealkylation sites (N-methyl/N-ethyl adjacent to an activating group) is 1. The Morgan fingerprint density at radius 2 is 1.62 bits per heavy atom. The molecular weight excluding hydrogens is 321 g/mol. The molecule has 1 atom stereocenters. The van der Waals surface area contributed by atoms with E-state index in [9.17, 15) is 20.7 Å². The SMILES string of the molecule is CCN(C(C)COC)S(=O)(=O)c1ccc(S(=O)(=O)F)cc1. The standard InChI is InChI=1S/C12H18FNO5S2/c1-4-14(10(2)9-19-3)21(17,18)12-7-5-11(6-8-12)20(13,15)16/h5-8,10H,4,9H2,1-3H3. The van der Waals surface area contributed by atoms with Crippen LogP contribution in [0.25, 0.3) is 0 Å². The van der Waals surface area contributed by atoms with Crippen LogP contribution in [0.5, 0.6) is 0 Å². The number of hydrogen-bond acceptors (Lipinski definition) is 5. The number of nitrogens with zero attached hydrogens (tertiary/aromatic N) is 1. The molecule has 0 N–H and O–H groups in total. The predicted octanol–water partition coefficient (Wildman–Crippen LogP) is 1.39. The highest BCUT2D eigenvalue weighted by molar-refractivity contribution is 7.89. The van der Waals surface area contributed by atoms with Gasteiger partial charge in [0.1, 0.15) is 0 Å². The molecule has 0 radical (unpaired) electrons. The zero-order valence-electron chi connectivity index (χ0n) is 12.0. The molecule has 1 unspecified atom stereocenters. The van der Waals surface area contributed by atoms with Gasteiger partial charge in [-0.2, -0.15) is 12.7 Å². The van der Waals surface area contributed by atoms with E-state index in [1.165, 1.54) is 11.4 Å². The minimum absolute atomic E-state index is 0.0975. The fourth-order valence-corrected chi connectivity index (χ4v) is 4.04. The number of hydrogen-bond donors (Lipinski definition) is 0. The average Bonchev–Trinajstić information content (AvgIpc) is 2.38. The molecule has 0 saturated heterocycles. The second-order valence-corrected chi connectivity index (χ2v) is 7.66. The third-order valence-electron chi connectivity index (χ3n) is 2.92. The van der Waals surface area contributed by atoms with E-state index in [1.807, 2.05) is 0 Å². The van der Waals surface area contributed by atoms with E-state index < -0.39 is 25.1 Å². The smallest absolute Gasteiger partial charge is 0.332 e. The number of benzene rings is 1. The molecule has 0 aliphatic rings. The van der Waals surface area contributed by atoms with Gasteiger partial charge in [0.05, 0.1) is 16.4 Å². The van der Waals surface area contributed by atoms with E-state index in [1.54, 1.807) is 13.8 Å². The third-order valence-corrected chi connectivity index (χ3v) is 5.86. The van der Waals surface area contributed by atoms with Crippen molar-refractivity contribution in [1.82, 2.24) is 4.31 Å². The molecule has 1 aromatic rings. The van der Waals surface area contributed by atoms with Gasteiger partial charge in [-0.3, -0.25) is 0 Å². The van der Waals surface area contributed by atoms with Gasteiger partial charge < -0.3 is 4.74 Å². The minimum Gasteiger partial charge on any atom is -0.383 e. The van der Waals surface area contributed by atoms with Gasteiger partial charge in [0, 0.05) is 19.7 Å². The molecule has 0 aromatic heterocycles. The molecule has 6 nitrogen and oxygen atoms in total. The highest BCUT2D eigenvalue weighted by Crippen LogP contribution is 2.21. The number of ether oxygens (including phenoxy) is 1. The summed E-state index contributed by atoms with van der Waals surface area (Å²) in [5.74, 6) is 0. The maximum Gasteiger partial charge on any atom is 0.332 e. The summed E-state index contributed by atoms with van der Waals surface area (Å²) >= 11 is 0. The molecule has 1 rings (SSSR count). The van der Waals surface area contributed by atoms with Crippen LogP contribution in [-0.4, -0.2) is 47.4 Å². The summed E-state index contributed by atoms with van der Waals surface area (Å²) < 4.78 is 65.4. The van der Waals surface area contributed by atoms with E-state index >= 15 is 0 Å². The van der Waals surface area contributed by atoms with E-state index in [0.29, 0.717) is 0 Å². The van der Waals surface area contributed by atoms with Crippen molar-refractivity contribution in [1.29, 1.82) is 0 Å². The van der Waals surface area contributed by atoms with Crippen LogP contribution in [0.15, 0.2) is 34.1 Å². The maximum atomic E-state index is 12.8. The van der Waals surface area contributed by atoms with Crippen LogP contribution in [0.1, 0.15) is 13.8 Å². The largest absolute Gasteiger partial charge is 0.383 e. The van der Waals surface area contributed by atoms with E-state index in [4.69, 9.17) is 4.74 Å². The normalized spacial score (nSPS) is 14.3. The molecule has 0 amide bonds. The number of halogens is 1. The second kappa shape index (κ2) is 6.82. The molecule has 0 aliphatic heterocycles. The first-order valence-electron chi connectivity index (χ1n) is 6.20. The summed E-state index contributed by atoms with van der Waals surface area (Å²) in [6.45, 7) is 3.84. The quantitative estimate of drug-likeness (QED) is 0.701. The van der Waals surface area contributed by atoms with Gasteiger partial charge in [-0.25, -0.2) is 8.42 Å². The minimum atomic E-state index is -4.84. The summed E-state index contributed by atoms with van der Waals surface area (Å²) in [7, 11) is -7.17. The fourth-order valence-electron chi connectivity index (χ4n) is 1.95. The Labute approximate surface area is 124 Å². The van der Waals surface area contributed by atoms with Crippen molar-refractivity contribution in [2.24, 2.45) is 0 Å². The van der Waals surface area contributed by atoms with Gasteiger partial charge in [0.25, 0.3) is 0 Å². The van der Waals surface area contributed by atoms with E-state index in [2.05, 4.69) is 0 Å². The lowest BCUT2D eigenvalue weighted by atomic mass is 10.3. The van der Waals surface area contributed by atoms with E-state index in [-0.39, 0.29) is 24.1 Å². The van der Waals surface area contributed by atoms with Gasteiger partial charge in [-0.05, 0) is 31.2 Å². The van der Waals surface area contributed by atoms with Crippen LogP contribution in [0.4, 0.5) is 3.89 Å². The second-order valence-electron chi connectivity index (χ2n) is 4.42. The Hall–Kier alpha value is -1.03. The van der Waals surface area contributed by atoms with Crippen LogP contribution in [0.2, 0.25) is 0 Å². The molecule has 0 saturated carbocycles. The number of methoxy groups -OCH3 is 1. The Morgan fingerprint density at radius 3 is 2.00 bits per heavy atom. The Morgan fingerprint density at radius 1 is 1.14 bits per heavy atom. The van der Waals surface area contributed by atoms with Crippen molar-refractivity contribution in [3.8, 4) is 0 Å². The summed E-state index contributed by atoms with van der Waals surface area (Å²) in [6, 6.07) is 3.62. The first-order chi connectivity index (χ1) is 9.64. The monoisotopic (exact) mass is 339 g/mol. The molecule has 0 bridgehead atoms. The lowest BCUT2D eigenvalue weighted by Crippen LogP contribution is -2.40. The first kappa shape index (κ1) is 18.0. The zero-order chi connectivity index (χ0) is 16.3. The van der Waals surface area contributed by atoms with Crippen molar-refractivity contribution in [3.05, 3.63) is 24.3 Å². The molecule has 120 valence electrons. The Bertz CT molecular complexity index is 670. The van der Waals surface area contributed by atoms with Gasteiger partial charge in [0.2, 0.25) is 10.0 Å². The van der Waals surface area contributed by atoms with Crippen LogP contribution < -0.4 is 0 Å².